The number of hydrogen-bond acceptors (Lipinski definition) is 6. The van der Waals surface area contributed by atoms with Gasteiger partial charge in [0.15, 0.2) is 17.4 Å². The van der Waals surface area contributed by atoms with Gasteiger partial charge in [0.2, 0.25) is 16.0 Å². The van der Waals surface area contributed by atoms with Crippen molar-refractivity contribution < 1.29 is 21.9 Å². The molecule has 0 bridgehead atoms. The number of nitrogens with zero attached hydrogens (tertiary/aromatic N) is 4. The molecule has 3 atom stereocenters. The SMILES string of the molecule is CCc1cnc(N2C[C@@H]3C(COc4c(F)cc(C5=CCN(S(C)(=O)=O)CC5)cc4F)[C@@H]3C2)nc1. The Balaban J connectivity index is 1.17. The lowest BCUT2D eigenvalue weighted by atomic mass is 10.00. The van der Waals surface area contributed by atoms with E-state index < -0.39 is 21.7 Å². The van der Waals surface area contributed by atoms with Crippen LogP contribution in [0.25, 0.3) is 5.57 Å². The fraction of sp³-hybridized carbons (Fsp3) is 0.500. The molecular formula is C24H28F2N4O3S. The van der Waals surface area contributed by atoms with E-state index in [1.807, 2.05) is 12.4 Å². The quantitative estimate of drug-likeness (QED) is 0.594. The van der Waals surface area contributed by atoms with Crippen molar-refractivity contribution in [3.8, 4) is 5.75 Å². The summed E-state index contributed by atoms with van der Waals surface area (Å²) in [6.07, 6.45) is 7.87. The second kappa shape index (κ2) is 8.88. The van der Waals surface area contributed by atoms with Crippen LogP contribution in [0.3, 0.4) is 0 Å². The average Bonchev–Trinajstić information content (AvgIpc) is 3.26. The molecule has 7 nitrogen and oxygen atoms in total. The maximum atomic E-state index is 14.7. The number of rotatable bonds is 7. The molecule has 1 unspecified atom stereocenters. The van der Waals surface area contributed by atoms with Crippen molar-refractivity contribution in [2.45, 2.75) is 19.8 Å². The minimum atomic E-state index is -3.28. The zero-order valence-corrected chi connectivity index (χ0v) is 20.1. The first-order valence-corrected chi connectivity index (χ1v) is 13.4. The van der Waals surface area contributed by atoms with E-state index in [-0.39, 0.29) is 24.8 Å². The third kappa shape index (κ3) is 4.53. The molecule has 34 heavy (non-hydrogen) atoms. The van der Waals surface area contributed by atoms with E-state index in [0.29, 0.717) is 30.4 Å². The van der Waals surface area contributed by atoms with Crippen molar-refractivity contribution in [1.82, 2.24) is 14.3 Å². The zero-order chi connectivity index (χ0) is 24.0. The second-order valence-corrected chi connectivity index (χ2v) is 11.3. The van der Waals surface area contributed by atoms with Gasteiger partial charge in [0.1, 0.15) is 0 Å². The van der Waals surface area contributed by atoms with Crippen LogP contribution in [0, 0.1) is 29.4 Å². The van der Waals surface area contributed by atoms with Crippen molar-refractivity contribution in [3.05, 3.63) is 53.4 Å². The summed E-state index contributed by atoms with van der Waals surface area (Å²) in [6, 6.07) is 2.54. The van der Waals surface area contributed by atoms with E-state index in [9.17, 15) is 17.2 Å². The highest BCUT2D eigenvalue weighted by Crippen LogP contribution is 2.52. The minimum absolute atomic E-state index is 0.199. The summed E-state index contributed by atoms with van der Waals surface area (Å²) in [5.74, 6) is 0.0194. The molecule has 0 N–H and O–H groups in total. The van der Waals surface area contributed by atoms with Gasteiger partial charge in [-0.1, -0.05) is 13.0 Å². The highest BCUT2D eigenvalue weighted by atomic mass is 32.2. The number of sulfonamides is 1. The Hall–Kier alpha value is -2.59. The van der Waals surface area contributed by atoms with Crippen LogP contribution >= 0.6 is 0 Å². The van der Waals surface area contributed by atoms with Crippen molar-refractivity contribution in [1.29, 1.82) is 0 Å². The molecule has 1 aromatic heterocycles. The van der Waals surface area contributed by atoms with Crippen LogP contribution in [0.1, 0.15) is 24.5 Å². The van der Waals surface area contributed by atoms with Crippen molar-refractivity contribution >= 4 is 21.5 Å². The van der Waals surface area contributed by atoms with Crippen LogP contribution in [0.4, 0.5) is 14.7 Å². The Kier molecular flexibility index (Phi) is 6.05. The topological polar surface area (TPSA) is 75.6 Å². The van der Waals surface area contributed by atoms with Crippen LogP contribution < -0.4 is 9.64 Å². The molecule has 182 valence electrons. The normalized spacial score (nSPS) is 24.6. The van der Waals surface area contributed by atoms with Gasteiger partial charge in [-0.25, -0.2) is 27.2 Å². The number of halogens is 2. The van der Waals surface area contributed by atoms with E-state index in [1.165, 1.54) is 16.4 Å². The molecule has 1 aromatic carbocycles. The third-order valence-corrected chi connectivity index (χ3v) is 8.45. The maximum absolute atomic E-state index is 14.7. The lowest BCUT2D eigenvalue weighted by Crippen LogP contribution is -2.33. The van der Waals surface area contributed by atoms with Crippen LogP contribution in [-0.2, 0) is 16.4 Å². The van der Waals surface area contributed by atoms with Gasteiger partial charge in [0, 0.05) is 44.5 Å². The first kappa shape index (κ1) is 23.2. The number of benzene rings is 1. The molecule has 1 saturated heterocycles. The van der Waals surface area contributed by atoms with Gasteiger partial charge in [-0.3, -0.25) is 0 Å². The lowest BCUT2D eigenvalue weighted by Gasteiger charge is -2.24. The molecule has 2 aromatic rings. The van der Waals surface area contributed by atoms with E-state index in [2.05, 4.69) is 21.8 Å². The van der Waals surface area contributed by atoms with Crippen LogP contribution in [0.15, 0.2) is 30.6 Å². The van der Waals surface area contributed by atoms with Crippen molar-refractivity contribution in [2.24, 2.45) is 17.8 Å². The maximum Gasteiger partial charge on any atom is 0.225 e. The largest absolute Gasteiger partial charge is 0.487 e. The van der Waals surface area contributed by atoms with Crippen LogP contribution in [0.2, 0.25) is 0 Å². The lowest BCUT2D eigenvalue weighted by molar-refractivity contribution is 0.257. The highest BCUT2D eigenvalue weighted by Gasteiger charge is 2.56. The summed E-state index contributed by atoms with van der Waals surface area (Å²) in [6.45, 7) is 4.48. The monoisotopic (exact) mass is 490 g/mol. The molecule has 2 fully saturated rings. The molecule has 1 aliphatic carbocycles. The second-order valence-electron chi connectivity index (χ2n) is 9.32. The summed E-state index contributed by atoms with van der Waals surface area (Å²) < 4.78 is 59.7. The van der Waals surface area contributed by atoms with Crippen molar-refractivity contribution in [3.63, 3.8) is 0 Å². The Morgan fingerprint density at radius 1 is 1.12 bits per heavy atom. The summed E-state index contributed by atoms with van der Waals surface area (Å²) in [4.78, 5) is 11.0. The molecule has 5 rings (SSSR count). The van der Waals surface area contributed by atoms with Crippen molar-refractivity contribution in [2.75, 3.05) is 43.9 Å². The van der Waals surface area contributed by atoms with Gasteiger partial charge in [0.25, 0.3) is 0 Å². The molecule has 2 aliphatic heterocycles. The fourth-order valence-corrected chi connectivity index (χ4v) is 5.80. The highest BCUT2D eigenvalue weighted by molar-refractivity contribution is 7.88. The zero-order valence-electron chi connectivity index (χ0n) is 19.2. The number of fused-ring (bicyclic) bond motifs is 1. The van der Waals surface area contributed by atoms with Gasteiger partial charge in [-0.15, -0.1) is 0 Å². The molecule has 1 saturated carbocycles. The average molecular weight is 491 g/mol. The summed E-state index contributed by atoms with van der Waals surface area (Å²) in [5, 5.41) is 0. The third-order valence-electron chi connectivity index (χ3n) is 7.18. The molecule has 3 heterocycles. The Labute approximate surface area is 198 Å². The van der Waals surface area contributed by atoms with Crippen LogP contribution in [-0.4, -0.2) is 61.7 Å². The molecule has 3 aliphatic rings. The molecule has 0 amide bonds. The molecule has 0 radical (unpaired) electrons. The molecule has 10 heteroatoms. The summed E-state index contributed by atoms with van der Waals surface area (Å²) in [7, 11) is -3.28. The number of piperidine rings is 1. The summed E-state index contributed by atoms with van der Waals surface area (Å²) >= 11 is 0. The Morgan fingerprint density at radius 3 is 2.29 bits per heavy atom. The number of ether oxygens (including phenoxy) is 1. The Bertz CT molecular complexity index is 1180. The van der Waals surface area contributed by atoms with Crippen LogP contribution in [0.5, 0.6) is 5.75 Å². The number of aryl methyl sites for hydroxylation is 1. The predicted octanol–water partition coefficient (Wildman–Crippen LogP) is 3.13. The number of aromatic nitrogens is 2. The van der Waals surface area contributed by atoms with Gasteiger partial charge in [-0.2, -0.15) is 4.31 Å². The molecule has 0 spiro atoms. The van der Waals surface area contributed by atoms with E-state index in [4.69, 9.17) is 4.74 Å². The fourth-order valence-electron chi connectivity index (χ4n) is 5.03. The first-order chi connectivity index (χ1) is 16.2. The number of hydrogen-bond donors (Lipinski definition) is 0. The van der Waals surface area contributed by atoms with Gasteiger partial charge < -0.3 is 9.64 Å². The predicted molar refractivity (Wildman–Crippen MR) is 125 cm³/mol. The van der Waals surface area contributed by atoms with E-state index in [0.717, 1.165) is 42.9 Å². The van der Waals surface area contributed by atoms with Gasteiger partial charge in [-0.05, 0) is 53.5 Å². The standard InChI is InChI=1S/C24H28F2N4O3S/c1-3-15-10-27-24(28-11-15)29-12-18-19(13-29)20(18)14-33-23-21(25)8-17(9-22(23)26)16-4-6-30(7-5-16)34(2,31)32/h4,8-11,18-20H,3,5-7,12-14H2,1-2H3/t18-,19+,20?. The van der Waals surface area contributed by atoms with Gasteiger partial charge in [0.05, 0.1) is 12.9 Å². The minimum Gasteiger partial charge on any atom is -0.487 e. The Morgan fingerprint density at radius 2 is 1.76 bits per heavy atom. The first-order valence-electron chi connectivity index (χ1n) is 11.6. The van der Waals surface area contributed by atoms with Gasteiger partial charge >= 0.3 is 0 Å². The van der Waals surface area contributed by atoms with E-state index >= 15 is 0 Å². The van der Waals surface area contributed by atoms with E-state index in [1.54, 1.807) is 6.08 Å². The number of anilines is 1. The molecular weight excluding hydrogens is 462 g/mol. The smallest absolute Gasteiger partial charge is 0.225 e. The summed E-state index contributed by atoms with van der Waals surface area (Å²) in [5.41, 5.74) is 2.25.